The van der Waals surface area contributed by atoms with Crippen LogP contribution in [-0.4, -0.2) is 20.4 Å². The molecule has 2 aromatic rings. The molecule has 0 bridgehead atoms. The molecule has 2 N–H and O–H groups in total. The zero-order valence-corrected chi connectivity index (χ0v) is 18.3. The van der Waals surface area contributed by atoms with Crippen LogP contribution in [0.15, 0.2) is 47.4 Å². The summed E-state index contributed by atoms with van der Waals surface area (Å²) < 4.78 is 28.1. The Morgan fingerprint density at radius 3 is 2.38 bits per heavy atom. The Morgan fingerprint density at radius 2 is 1.69 bits per heavy atom. The first-order valence-corrected chi connectivity index (χ1v) is 11.7. The molecule has 0 aromatic heterocycles. The summed E-state index contributed by atoms with van der Waals surface area (Å²) >= 11 is 0. The second-order valence-electron chi connectivity index (χ2n) is 8.22. The second kappa shape index (κ2) is 8.57. The third kappa shape index (κ3) is 4.81. The van der Waals surface area contributed by atoms with Gasteiger partial charge in [-0.1, -0.05) is 38.8 Å². The number of carbonyl (C=O) groups is 1. The van der Waals surface area contributed by atoms with Crippen molar-refractivity contribution in [1.29, 1.82) is 0 Å². The Morgan fingerprint density at radius 1 is 1.00 bits per heavy atom. The number of aryl methyl sites for hydroxylation is 1. The van der Waals surface area contributed by atoms with Gasteiger partial charge < -0.3 is 5.32 Å². The lowest BCUT2D eigenvalue weighted by atomic mass is 9.78. The highest BCUT2D eigenvalue weighted by molar-refractivity contribution is 7.92. The number of anilines is 1. The van der Waals surface area contributed by atoms with Crippen molar-refractivity contribution in [1.82, 2.24) is 5.32 Å². The van der Waals surface area contributed by atoms with Crippen molar-refractivity contribution in [2.24, 2.45) is 11.8 Å². The number of amides is 1. The minimum absolute atomic E-state index is 0.134. The van der Waals surface area contributed by atoms with E-state index in [9.17, 15) is 13.2 Å². The van der Waals surface area contributed by atoms with Gasteiger partial charge in [-0.25, -0.2) is 8.42 Å². The summed E-state index contributed by atoms with van der Waals surface area (Å²) in [4.78, 5) is 12.8. The highest BCUT2D eigenvalue weighted by Crippen LogP contribution is 2.29. The fourth-order valence-electron chi connectivity index (χ4n) is 3.89. The molecule has 0 radical (unpaired) electrons. The summed E-state index contributed by atoms with van der Waals surface area (Å²) in [7, 11) is -3.72. The van der Waals surface area contributed by atoms with Crippen LogP contribution < -0.4 is 10.0 Å². The van der Waals surface area contributed by atoms with Gasteiger partial charge in [-0.3, -0.25) is 9.52 Å². The second-order valence-corrected chi connectivity index (χ2v) is 9.91. The smallest absolute Gasteiger partial charge is 0.261 e. The van der Waals surface area contributed by atoms with Crippen LogP contribution in [0.1, 0.15) is 54.6 Å². The summed E-state index contributed by atoms with van der Waals surface area (Å²) in [5.74, 6) is 0.884. The van der Waals surface area contributed by atoms with E-state index in [-0.39, 0.29) is 16.8 Å². The average molecular weight is 415 g/mol. The Labute approximate surface area is 174 Å². The van der Waals surface area contributed by atoms with Crippen LogP contribution >= 0.6 is 0 Å². The molecule has 1 saturated carbocycles. The average Bonchev–Trinajstić information content (AvgIpc) is 2.69. The largest absolute Gasteiger partial charge is 0.349 e. The molecule has 0 spiro atoms. The van der Waals surface area contributed by atoms with Crippen LogP contribution in [0.25, 0.3) is 0 Å². The summed E-state index contributed by atoms with van der Waals surface area (Å²) in [6.45, 7) is 8.23. The first-order valence-electron chi connectivity index (χ1n) is 10.2. The van der Waals surface area contributed by atoms with Crippen molar-refractivity contribution in [3.63, 3.8) is 0 Å². The number of hydrogen-bond donors (Lipinski definition) is 2. The maximum Gasteiger partial charge on any atom is 0.261 e. The van der Waals surface area contributed by atoms with E-state index in [0.29, 0.717) is 23.1 Å². The maximum absolute atomic E-state index is 12.7. The molecule has 156 valence electrons. The molecule has 1 fully saturated rings. The van der Waals surface area contributed by atoms with E-state index < -0.39 is 10.0 Å². The first kappa shape index (κ1) is 21.4. The lowest BCUT2D eigenvalue weighted by molar-refractivity contribution is 0.0891. The van der Waals surface area contributed by atoms with Crippen molar-refractivity contribution >= 4 is 21.6 Å². The Hall–Kier alpha value is -2.34. The monoisotopic (exact) mass is 414 g/mol. The molecule has 6 heteroatoms. The van der Waals surface area contributed by atoms with Crippen molar-refractivity contribution in [3.05, 3.63) is 59.2 Å². The Balaban J connectivity index is 1.72. The van der Waals surface area contributed by atoms with Crippen LogP contribution in [0.4, 0.5) is 5.69 Å². The Bertz CT molecular complexity index is 984. The number of carbonyl (C=O) groups excluding carboxylic acids is 1. The van der Waals surface area contributed by atoms with E-state index in [1.807, 2.05) is 26.0 Å². The number of nitrogens with one attached hydrogen (secondary N) is 2. The minimum Gasteiger partial charge on any atom is -0.349 e. The zero-order chi connectivity index (χ0) is 21.2. The van der Waals surface area contributed by atoms with Gasteiger partial charge in [-0.2, -0.15) is 0 Å². The van der Waals surface area contributed by atoms with E-state index in [0.717, 1.165) is 24.0 Å². The molecule has 3 rings (SSSR count). The summed E-state index contributed by atoms with van der Waals surface area (Å²) in [6.07, 6.45) is 3.31. The van der Waals surface area contributed by atoms with Crippen LogP contribution in [0, 0.1) is 25.7 Å². The zero-order valence-electron chi connectivity index (χ0n) is 17.5. The van der Waals surface area contributed by atoms with Gasteiger partial charge in [-0.15, -0.1) is 0 Å². The van der Waals surface area contributed by atoms with Crippen LogP contribution in [-0.2, 0) is 10.0 Å². The van der Waals surface area contributed by atoms with Gasteiger partial charge in [0.2, 0.25) is 0 Å². The number of rotatable bonds is 5. The predicted molar refractivity (Wildman–Crippen MR) is 117 cm³/mol. The van der Waals surface area contributed by atoms with E-state index in [4.69, 9.17) is 0 Å². The number of benzene rings is 2. The lowest BCUT2D eigenvalue weighted by Gasteiger charge is -2.34. The number of sulfonamides is 1. The van der Waals surface area contributed by atoms with Gasteiger partial charge in [0.05, 0.1) is 10.6 Å². The fraction of sp³-hybridized carbons (Fsp3) is 0.435. The molecule has 1 aliphatic rings. The standard InChI is InChI=1S/C23H30N2O3S/c1-15-7-5-9-21(17(15)3)24-23(26)19-11-13-20(14-12-19)29(27,28)25-22-10-6-8-16(2)18(22)4/h6,8,10-15,17,21,25H,5,7,9H2,1-4H3,(H,24,26)/t15-,17+,21+/m1/s1. The molecule has 1 aliphatic carbocycles. The summed E-state index contributed by atoms with van der Waals surface area (Å²) in [5.41, 5.74) is 2.94. The van der Waals surface area contributed by atoms with Gasteiger partial charge >= 0.3 is 0 Å². The van der Waals surface area contributed by atoms with Gasteiger partial charge in [-0.05, 0) is 73.6 Å². The highest BCUT2D eigenvalue weighted by Gasteiger charge is 2.28. The molecule has 3 atom stereocenters. The van der Waals surface area contributed by atoms with E-state index in [2.05, 4.69) is 23.9 Å². The SMILES string of the molecule is Cc1cccc(NS(=O)(=O)c2ccc(C(=O)N[C@H]3CCC[C@@H](C)[C@@H]3C)cc2)c1C. The third-order valence-electron chi connectivity index (χ3n) is 6.30. The number of hydrogen-bond acceptors (Lipinski definition) is 3. The molecular formula is C23H30N2O3S. The van der Waals surface area contributed by atoms with Crippen LogP contribution in [0.2, 0.25) is 0 Å². The highest BCUT2D eigenvalue weighted by atomic mass is 32.2. The molecule has 0 saturated heterocycles. The molecular weight excluding hydrogens is 384 g/mol. The van der Waals surface area contributed by atoms with Gasteiger partial charge in [0, 0.05) is 11.6 Å². The lowest BCUT2D eigenvalue weighted by Crippen LogP contribution is -2.43. The van der Waals surface area contributed by atoms with E-state index >= 15 is 0 Å². The molecule has 0 heterocycles. The fourth-order valence-corrected chi connectivity index (χ4v) is 5.01. The molecule has 0 unspecified atom stereocenters. The predicted octanol–water partition coefficient (Wildman–Crippen LogP) is 4.66. The molecule has 29 heavy (non-hydrogen) atoms. The summed E-state index contributed by atoms with van der Waals surface area (Å²) in [6, 6.07) is 11.8. The van der Waals surface area contributed by atoms with Crippen molar-refractivity contribution in [3.8, 4) is 0 Å². The van der Waals surface area contributed by atoms with Crippen LogP contribution in [0.3, 0.4) is 0 Å². The molecule has 1 amide bonds. The third-order valence-corrected chi connectivity index (χ3v) is 7.68. The van der Waals surface area contributed by atoms with E-state index in [1.54, 1.807) is 18.2 Å². The minimum atomic E-state index is -3.72. The summed E-state index contributed by atoms with van der Waals surface area (Å²) in [5, 5.41) is 3.12. The van der Waals surface area contributed by atoms with E-state index in [1.165, 1.54) is 18.6 Å². The van der Waals surface area contributed by atoms with Crippen molar-refractivity contribution in [2.45, 2.75) is 57.9 Å². The normalized spacial score (nSPS) is 22.1. The van der Waals surface area contributed by atoms with Gasteiger partial charge in [0.15, 0.2) is 0 Å². The molecule has 2 aromatic carbocycles. The molecule has 5 nitrogen and oxygen atoms in total. The topological polar surface area (TPSA) is 75.3 Å². The quantitative estimate of drug-likeness (QED) is 0.747. The van der Waals surface area contributed by atoms with Gasteiger partial charge in [0.1, 0.15) is 0 Å². The first-order chi connectivity index (χ1) is 13.7. The van der Waals surface area contributed by atoms with Crippen LogP contribution in [0.5, 0.6) is 0 Å². The van der Waals surface area contributed by atoms with Gasteiger partial charge in [0.25, 0.3) is 15.9 Å². The Kier molecular flexibility index (Phi) is 6.32. The van der Waals surface area contributed by atoms with Crippen molar-refractivity contribution < 1.29 is 13.2 Å². The molecule has 0 aliphatic heterocycles. The maximum atomic E-state index is 12.7. The van der Waals surface area contributed by atoms with Crippen molar-refractivity contribution in [2.75, 3.05) is 4.72 Å².